The van der Waals surface area contributed by atoms with Gasteiger partial charge in [0.05, 0.1) is 12.1 Å². The molecule has 0 saturated heterocycles. The van der Waals surface area contributed by atoms with E-state index in [1.165, 1.54) is 7.11 Å². The maximum Gasteiger partial charge on any atom is 0.407 e. The first-order valence-corrected chi connectivity index (χ1v) is 11.5. The Hall–Kier alpha value is -3.39. The predicted molar refractivity (Wildman–Crippen MR) is 125 cm³/mol. The molecule has 0 spiro atoms. The Bertz CT molecular complexity index is 1040. The van der Waals surface area contributed by atoms with Gasteiger partial charge in [-0.05, 0) is 47.9 Å². The minimum atomic E-state index is -1.17. The van der Waals surface area contributed by atoms with Crippen LogP contribution < -0.4 is 10.6 Å². The molecule has 4 rings (SSSR count). The Morgan fingerprint density at radius 1 is 1.06 bits per heavy atom. The molecule has 0 heterocycles. The number of nitrogens with one attached hydrogen (secondary N) is 2. The molecule has 2 aromatic carbocycles. The molecule has 8 heteroatoms. The highest BCUT2D eigenvalue weighted by molar-refractivity contribution is 5.85. The summed E-state index contributed by atoms with van der Waals surface area (Å²) in [5.41, 5.74) is 3.71. The van der Waals surface area contributed by atoms with Crippen LogP contribution in [0.2, 0.25) is 0 Å². The summed E-state index contributed by atoms with van der Waals surface area (Å²) in [6.07, 6.45) is 1.13. The highest BCUT2D eigenvalue weighted by atomic mass is 16.5. The first-order chi connectivity index (χ1) is 16.3. The van der Waals surface area contributed by atoms with Gasteiger partial charge in [-0.1, -0.05) is 48.5 Å². The first-order valence-electron chi connectivity index (χ1n) is 11.5. The molecule has 34 heavy (non-hydrogen) atoms. The fraction of sp³-hybridized carbons (Fsp3) is 0.423. The monoisotopic (exact) mass is 466 g/mol. The summed E-state index contributed by atoms with van der Waals surface area (Å²) in [6.45, 7) is 1.85. The van der Waals surface area contributed by atoms with Crippen molar-refractivity contribution < 1.29 is 29.0 Å². The number of carboxylic acids is 1. The number of methoxy groups -OCH3 is 1. The van der Waals surface area contributed by atoms with E-state index in [1.54, 1.807) is 6.92 Å². The lowest BCUT2D eigenvalue weighted by Crippen LogP contribution is -2.53. The Labute approximate surface area is 198 Å². The Kier molecular flexibility index (Phi) is 6.88. The Morgan fingerprint density at radius 3 is 2.18 bits per heavy atom. The zero-order valence-electron chi connectivity index (χ0n) is 19.4. The van der Waals surface area contributed by atoms with Crippen LogP contribution >= 0.6 is 0 Å². The number of carbonyl (C=O) groups is 3. The van der Waals surface area contributed by atoms with E-state index < -0.39 is 29.6 Å². The Morgan fingerprint density at radius 2 is 1.65 bits per heavy atom. The number of carbonyl (C=O) groups excluding carboxylic acids is 2. The zero-order chi connectivity index (χ0) is 24.3. The van der Waals surface area contributed by atoms with Crippen molar-refractivity contribution in [1.82, 2.24) is 10.6 Å². The van der Waals surface area contributed by atoms with E-state index in [-0.39, 0.29) is 31.5 Å². The van der Waals surface area contributed by atoms with Gasteiger partial charge in [-0.15, -0.1) is 0 Å². The highest BCUT2D eigenvalue weighted by Gasteiger charge is 2.45. The fourth-order valence-electron chi connectivity index (χ4n) is 4.80. The molecule has 2 amide bonds. The van der Waals surface area contributed by atoms with Crippen molar-refractivity contribution in [1.29, 1.82) is 0 Å². The van der Waals surface area contributed by atoms with Gasteiger partial charge in [-0.25, -0.2) is 9.59 Å². The molecular weight excluding hydrogens is 436 g/mol. The lowest BCUT2D eigenvalue weighted by atomic mass is 9.91. The van der Waals surface area contributed by atoms with Crippen LogP contribution in [0.15, 0.2) is 48.5 Å². The molecule has 0 bridgehead atoms. The average molecular weight is 467 g/mol. The number of ether oxygens (including phenoxy) is 2. The maximum absolute atomic E-state index is 12.8. The van der Waals surface area contributed by atoms with Crippen LogP contribution in [0.25, 0.3) is 11.1 Å². The van der Waals surface area contributed by atoms with Gasteiger partial charge in [0, 0.05) is 19.4 Å². The van der Waals surface area contributed by atoms with E-state index in [2.05, 4.69) is 34.9 Å². The van der Waals surface area contributed by atoms with Gasteiger partial charge in [-0.2, -0.15) is 0 Å². The van der Waals surface area contributed by atoms with Crippen LogP contribution in [0.5, 0.6) is 0 Å². The molecule has 2 aliphatic carbocycles. The van der Waals surface area contributed by atoms with Gasteiger partial charge in [0.1, 0.15) is 6.61 Å². The lowest BCUT2D eigenvalue weighted by Gasteiger charge is -2.31. The van der Waals surface area contributed by atoms with Crippen LogP contribution in [0.1, 0.15) is 43.2 Å². The molecule has 0 radical (unpaired) electrons. The SMILES string of the molecule is COCC(NC(=O)CC(C)(NC(=O)OCC1c2ccccc2-c2ccccc21)C1CC1)C(=O)O. The standard InChI is InChI=1S/C26H30N2O6/c1-26(16-11-12-16,13-23(29)27-22(15-33-2)24(30)31)28-25(32)34-14-21-19-9-5-3-7-17(19)18-8-4-6-10-20(18)21/h3-10,16,21-22H,11-15H2,1-2H3,(H,27,29)(H,28,32)(H,30,31). The number of hydrogen-bond acceptors (Lipinski definition) is 5. The number of fused-ring (bicyclic) bond motifs is 3. The van der Waals surface area contributed by atoms with Crippen molar-refractivity contribution in [2.45, 2.75) is 43.7 Å². The molecule has 8 nitrogen and oxygen atoms in total. The van der Waals surface area contributed by atoms with Crippen molar-refractivity contribution in [2.75, 3.05) is 20.3 Å². The normalized spacial score (nSPS) is 17.1. The van der Waals surface area contributed by atoms with Crippen LogP contribution in [0.4, 0.5) is 4.79 Å². The topological polar surface area (TPSA) is 114 Å². The largest absolute Gasteiger partial charge is 0.480 e. The maximum atomic E-state index is 12.8. The Balaban J connectivity index is 1.39. The number of alkyl carbamates (subject to hydrolysis) is 1. The van der Waals surface area contributed by atoms with Crippen molar-refractivity contribution >= 4 is 18.0 Å². The van der Waals surface area contributed by atoms with Gasteiger partial charge in [0.25, 0.3) is 0 Å². The third-order valence-electron chi connectivity index (χ3n) is 6.70. The lowest BCUT2D eigenvalue weighted by molar-refractivity contribution is -0.143. The number of hydrogen-bond donors (Lipinski definition) is 3. The second-order valence-corrected chi connectivity index (χ2v) is 9.23. The predicted octanol–water partition coefficient (Wildman–Crippen LogP) is 3.30. The molecule has 0 aromatic heterocycles. The van der Waals surface area contributed by atoms with E-state index in [9.17, 15) is 19.5 Å². The number of rotatable bonds is 10. The van der Waals surface area contributed by atoms with Crippen LogP contribution in [0.3, 0.4) is 0 Å². The summed E-state index contributed by atoms with van der Waals surface area (Å²) in [5.74, 6) is -1.56. The third kappa shape index (κ3) is 5.07. The summed E-state index contributed by atoms with van der Waals surface area (Å²) in [6, 6.07) is 15.1. The summed E-state index contributed by atoms with van der Waals surface area (Å²) in [7, 11) is 1.37. The van der Waals surface area contributed by atoms with Gasteiger partial charge in [-0.3, -0.25) is 4.79 Å². The summed E-state index contributed by atoms with van der Waals surface area (Å²) >= 11 is 0. The molecule has 1 fully saturated rings. The van der Waals surface area contributed by atoms with Gasteiger partial charge in [0.2, 0.25) is 5.91 Å². The second-order valence-electron chi connectivity index (χ2n) is 9.23. The van der Waals surface area contributed by atoms with E-state index in [0.29, 0.717) is 0 Å². The van der Waals surface area contributed by atoms with Crippen LogP contribution in [0, 0.1) is 5.92 Å². The van der Waals surface area contributed by atoms with Crippen molar-refractivity contribution in [3.05, 3.63) is 59.7 Å². The summed E-state index contributed by atoms with van der Waals surface area (Å²) in [4.78, 5) is 36.7. The minimum Gasteiger partial charge on any atom is -0.480 e. The molecule has 2 aliphatic rings. The summed E-state index contributed by atoms with van der Waals surface area (Å²) < 4.78 is 10.5. The van der Waals surface area contributed by atoms with Gasteiger partial charge < -0.3 is 25.2 Å². The number of aliphatic carboxylic acids is 1. The highest BCUT2D eigenvalue weighted by Crippen LogP contribution is 2.45. The van der Waals surface area contributed by atoms with Gasteiger partial charge in [0.15, 0.2) is 6.04 Å². The average Bonchev–Trinajstić information content (AvgIpc) is 3.61. The van der Waals surface area contributed by atoms with E-state index in [0.717, 1.165) is 35.1 Å². The van der Waals surface area contributed by atoms with E-state index in [1.807, 2.05) is 24.3 Å². The third-order valence-corrected chi connectivity index (χ3v) is 6.70. The number of benzene rings is 2. The summed E-state index contributed by atoms with van der Waals surface area (Å²) in [5, 5.41) is 14.6. The van der Waals surface area contributed by atoms with Crippen LogP contribution in [-0.2, 0) is 19.1 Å². The van der Waals surface area contributed by atoms with Crippen molar-refractivity contribution in [3.63, 3.8) is 0 Å². The molecule has 1 saturated carbocycles. The molecular formula is C26H30N2O6. The molecule has 0 aliphatic heterocycles. The zero-order valence-corrected chi connectivity index (χ0v) is 19.4. The minimum absolute atomic E-state index is 0.0463. The van der Waals surface area contributed by atoms with Crippen molar-refractivity contribution in [2.24, 2.45) is 5.92 Å². The molecule has 180 valence electrons. The number of carboxylic acid groups (broad SMARTS) is 1. The van der Waals surface area contributed by atoms with E-state index in [4.69, 9.17) is 9.47 Å². The first kappa shape index (κ1) is 23.8. The smallest absolute Gasteiger partial charge is 0.407 e. The fourth-order valence-corrected chi connectivity index (χ4v) is 4.80. The molecule has 2 unspecified atom stereocenters. The molecule has 2 atom stereocenters. The number of amides is 2. The van der Waals surface area contributed by atoms with E-state index >= 15 is 0 Å². The quantitative estimate of drug-likeness (QED) is 0.495. The van der Waals surface area contributed by atoms with Gasteiger partial charge >= 0.3 is 12.1 Å². The molecule has 2 aromatic rings. The van der Waals surface area contributed by atoms with Crippen LogP contribution in [-0.4, -0.2) is 55.0 Å². The van der Waals surface area contributed by atoms with Crippen molar-refractivity contribution in [3.8, 4) is 11.1 Å². The second kappa shape index (κ2) is 9.85. The molecule has 3 N–H and O–H groups in total.